The minimum atomic E-state index is -4.48. The van der Waals surface area contributed by atoms with Gasteiger partial charge in [-0.2, -0.15) is 13.2 Å². The number of alkyl halides is 3. The van der Waals surface area contributed by atoms with E-state index in [1.807, 2.05) is 34.1 Å². The van der Waals surface area contributed by atoms with Crippen molar-refractivity contribution in [3.63, 3.8) is 0 Å². The molecular weight excluding hydrogens is 599 g/mol. The number of halogens is 3. The second kappa shape index (κ2) is 13.8. The Kier molecular flexibility index (Phi) is 10.2. The third kappa shape index (κ3) is 7.30. The molecule has 0 aromatic heterocycles. The number of methoxy groups -OCH3 is 2. The van der Waals surface area contributed by atoms with Crippen LogP contribution in [-0.2, 0) is 20.5 Å². The molecule has 3 aliphatic rings. The van der Waals surface area contributed by atoms with E-state index in [0.29, 0.717) is 70.7 Å². The highest BCUT2D eigenvalue weighted by atomic mass is 19.4. The molecule has 252 valence electrons. The highest BCUT2D eigenvalue weighted by Gasteiger charge is 2.45. The maximum absolute atomic E-state index is 14.2. The molecule has 0 saturated carbocycles. The van der Waals surface area contributed by atoms with E-state index >= 15 is 0 Å². The van der Waals surface area contributed by atoms with Crippen molar-refractivity contribution in [2.24, 2.45) is 11.8 Å². The largest absolute Gasteiger partial charge is 0.497 e. The van der Waals surface area contributed by atoms with Crippen LogP contribution < -0.4 is 9.64 Å². The predicted molar refractivity (Wildman–Crippen MR) is 169 cm³/mol. The van der Waals surface area contributed by atoms with E-state index in [1.54, 1.807) is 20.3 Å². The molecule has 2 atom stereocenters. The van der Waals surface area contributed by atoms with E-state index in [0.717, 1.165) is 29.5 Å². The van der Waals surface area contributed by atoms with Crippen LogP contribution in [0.4, 0.5) is 18.9 Å². The maximum Gasteiger partial charge on any atom is 0.416 e. The Morgan fingerprint density at radius 1 is 0.913 bits per heavy atom. The van der Waals surface area contributed by atoms with Crippen LogP contribution in [0, 0.1) is 11.8 Å². The van der Waals surface area contributed by atoms with E-state index in [9.17, 15) is 27.9 Å². The number of carbonyl (C=O) groups excluding carboxylic acids is 1. The molecule has 1 amide bonds. The molecule has 3 heterocycles. The molecule has 46 heavy (non-hydrogen) atoms. The Morgan fingerprint density at radius 2 is 1.57 bits per heavy atom. The van der Waals surface area contributed by atoms with Crippen molar-refractivity contribution in [3.05, 3.63) is 59.2 Å². The molecule has 2 aromatic carbocycles. The summed E-state index contributed by atoms with van der Waals surface area (Å²) in [5.74, 6) is -0.705. The molecule has 0 bridgehead atoms. The Labute approximate surface area is 269 Å². The second-order valence-corrected chi connectivity index (χ2v) is 13.6. The topological polar surface area (TPSA) is 82.6 Å². The van der Waals surface area contributed by atoms with Gasteiger partial charge in [-0.3, -0.25) is 14.5 Å². The second-order valence-electron chi connectivity index (χ2n) is 13.6. The number of hydrogen-bond donors (Lipinski definition) is 1. The molecule has 3 aliphatic heterocycles. The molecule has 8 nitrogen and oxygen atoms in total. The van der Waals surface area contributed by atoms with Gasteiger partial charge in [0.25, 0.3) is 0 Å². The van der Waals surface area contributed by atoms with Crippen LogP contribution in [0.2, 0.25) is 0 Å². The van der Waals surface area contributed by atoms with Crippen LogP contribution >= 0.6 is 0 Å². The van der Waals surface area contributed by atoms with Crippen molar-refractivity contribution >= 4 is 17.6 Å². The number of hydrogen-bond acceptors (Lipinski definition) is 6. The maximum atomic E-state index is 14.2. The number of benzene rings is 2. The third-order valence-corrected chi connectivity index (χ3v) is 10.3. The summed E-state index contributed by atoms with van der Waals surface area (Å²) in [6.07, 6.45) is -2.39. The van der Waals surface area contributed by atoms with E-state index in [2.05, 4.69) is 18.7 Å². The number of ether oxygens (including phenoxy) is 2. The molecule has 1 N–H and O–H groups in total. The summed E-state index contributed by atoms with van der Waals surface area (Å²) in [6, 6.07) is 11.9. The highest BCUT2D eigenvalue weighted by molar-refractivity contribution is 5.81. The van der Waals surface area contributed by atoms with Crippen molar-refractivity contribution in [3.8, 4) is 5.75 Å². The molecule has 11 heteroatoms. The van der Waals surface area contributed by atoms with Gasteiger partial charge < -0.3 is 24.4 Å². The van der Waals surface area contributed by atoms with Gasteiger partial charge >= 0.3 is 12.1 Å². The molecule has 5 rings (SSSR count). The summed E-state index contributed by atoms with van der Waals surface area (Å²) in [7, 11) is 3.32. The summed E-state index contributed by atoms with van der Waals surface area (Å²) in [4.78, 5) is 31.9. The van der Waals surface area contributed by atoms with Crippen molar-refractivity contribution in [1.29, 1.82) is 0 Å². The van der Waals surface area contributed by atoms with Crippen LogP contribution in [0.1, 0.15) is 68.1 Å². The van der Waals surface area contributed by atoms with E-state index in [-0.39, 0.29) is 29.2 Å². The molecule has 0 radical (unpaired) electrons. The third-order valence-electron chi connectivity index (χ3n) is 10.3. The lowest BCUT2D eigenvalue weighted by Crippen LogP contribution is -2.47. The number of piperidine rings is 2. The normalized spacial score (nSPS) is 22.3. The predicted octanol–water partition coefficient (Wildman–Crippen LogP) is 5.86. The first-order valence-electron chi connectivity index (χ1n) is 16.2. The van der Waals surface area contributed by atoms with Crippen LogP contribution in [0.3, 0.4) is 0 Å². The number of carboxylic acids is 1. The number of aliphatic carboxylic acids is 1. The van der Waals surface area contributed by atoms with Gasteiger partial charge in [0.05, 0.1) is 31.1 Å². The van der Waals surface area contributed by atoms with Crippen LogP contribution in [0.15, 0.2) is 42.5 Å². The number of anilines is 1. The van der Waals surface area contributed by atoms with Gasteiger partial charge in [-0.25, -0.2) is 0 Å². The minimum Gasteiger partial charge on any atom is -0.497 e. The van der Waals surface area contributed by atoms with Gasteiger partial charge in [0.1, 0.15) is 5.75 Å². The Morgan fingerprint density at radius 3 is 2.13 bits per heavy atom. The van der Waals surface area contributed by atoms with E-state index < -0.39 is 23.6 Å². The first-order chi connectivity index (χ1) is 21.8. The Balaban J connectivity index is 1.33. The number of likely N-dealkylation sites (tertiary alicyclic amines) is 2. The summed E-state index contributed by atoms with van der Waals surface area (Å²) in [6.45, 7) is 7.98. The zero-order valence-corrected chi connectivity index (χ0v) is 27.2. The lowest BCUT2D eigenvalue weighted by molar-refractivity contribution is -0.142. The fourth-order valence-corrected chi connectivity index (χ4v) is 7.53. The van der Waals surface area contributed by atoms with Crippen molar-refractivity contribution in [2.45, 2.75) is 63.1 Å². The van der Waals surface area contributed by atoms with Gasteiger partial charge in [0.2, 0.25) is 5.91 Å². The standard InChI is InChI=1S/C35H46F3N3O5/c1-34(2,22-45-3)41-20-29(23-5-8-27(46-4)9-6-23)30(21-41)32(42)40-17-11-24(12-18-40)28-10-7-26(35(36,37)38)19-31(28)39-15-13-25(14-16-39)33(43)44/h5-10,19,24-25,29-30H,11-18,20-22H2,1-4H3,(H,43,44)/t29-,30+/m0/s1. The summed E-state index contributed by atoms with van der Waals surface area (Å²) >= 11 is 0. The van der Waals surface area contributed by atoms with E-state index in [1.165, 1.54) is 6.07 Å². The number of nitrogens with zero attached hydrogens (tertiary/aromatic N) is 3. The quantitative estimate of drug-likeness (QED) is 0.366. The molecule has 0 aliphatic carbocycles. The van der Waals surface area contributed by atoms with Gasteiger partial charge in [-0.1, -0.05) is 18.2 Å². The van der Waals surface area contributed by atoms with Crippen LogP contribution in [0.5, 0.6) is 5.75 Å². The lowest BCUT2D eigenvalue weighted by atomic mass is 9.84. The zero-order chi connectivity index (χ0) is 33.2. The number of rotatable bonds is 9. The average molecular weight is 646 g/mol. The molecule has 3 saturated heterocycles. The fourth-order valence-electron chi connectivity index (χ4n) is 7.53. The van der Waals surface area contributed by atoms with Gasteiger partial charge in [0.15, 0.2) is 0 Å². The Bertz CT molecular complexity index is 1370. The average Bonchev–Trinajstić information content (AvgIpc) is 3.51. The molecule has 2 aromatic rings. The number of carboxylic acid groups (broad SMARTS) is 1. The highest BCUT2D eigenvalue weighted by Crippen LogP contribution is 2.42. The fraction of sp³-hybridized carbons (Fsp3) is 0.600. The number of amides is 1. The van der Waals surface area contributed by atoms with Gasteiger partial charge in [-0.05, 0) is 80.8 Å². The Hall–Kier alpha value is -3.31. The molecular formula is C35H46F3N3O5. The first-order valence-corrected chi connectivity index (χ1v) is 16.2. The van der Waals surface area contributed by atoms with E-state index in [4.69, 9.17) is 9.47 Å². The summed E-state index contributed by atoms with van der Waals surface area (Å²) < 4.78 is 52.1. The van der Waals surface area contributed by atoms with Gasteiger partial charge in [0, 0.05) is 63.5 Å². The SMILES string of the molecule is COCC(C)(C)N1C[C@@H](C(=O)N2CCC(c3ccc(C(F)(F)F)cc3N3CCC(C(=O)O)CC3)CC2)[C@H](c2ccc(OC)cc2)C1. The van der Waals surface area contributed by atoms with Crippen molar-refractivity contribution in [1.82, 2.24) is 9.80 Å². The number of carbonyl (C=O) groups is 2. The monoisotopic (exact) mass is 645 g/mol. The molecule has 3 fully saturated rings. The smallest absolute Gasteiger partial charge is 0.416 e. The zero-order valence-electron chi connectivity index (χ0n) is 27.2. The van der Waals surface area contributed by atoms with Crippen LogP contribution in [0.25, 0.3) is 0 Å². The van der Waals surface area contributed by atoms with Crippen molar-refractivity contribution in [2.75, 3.05) is 65.0 Å². The lowest BCUT2D eigenvalue weighted by Gasteiger charge is -2.38. The van der Waals surface area contributed by atoms with Gasteiger partial charge in [-0.15, -0.1) is 0 Å². The molecule has 0 unspecified atom stereocenters. The van der Waals surface area contributed by atoms with Crippen LogP contribution in [-0.4, -0.2) is 92.4 Å². The summed E-state index contributed by atoms with van der Waals surface area (Å²) in [5.41, 5.74) is 1.52. The van der Waals surface area contributed by atoms with Crippen molar-refractivity contribution < 1.29 is 37.3 Å². The minimum absolute atomic E-state index is 0.00232. The first kappa shape index (κ1) is 34.0. The summed E-state index contributed by atoms with van der Waals surface area (Å²) in [5, 5.41) is 9.42. The molecule has 0 spiro atoms.